The number of aromatic nitrogens is 2. The molecule has 0 bridgehead atoms. The lowest BCUT2D eigenvalue weighted by atomic mass is 10.1. The summed E-state index contributed by atoms with van der Waals surface area (Å²) in [5.41, 5.74) is 2.30. The van der Waals surface area contributed by atoms with Crippen LogP contribution in [0.4, 0.5) is 0 Å². The third kappa shape index (κ3) is 4.18. The van der Waals surface area contributed by atoms with E-state index in [0.29, 0.717) is 23.7 Å². The second-order valence-electron chi connectivity index (χ2n) is 7.87. The summed E-state index contributed by atoms with van der Waals surface area (Å²) in [5.74, 6) is 1.98. The molecule has 6 nitrogen and oxygen atoms in total. The van der Waals surface area contributed by atoms with Gasteiger partial charge in [0, 0.05) is 41.3 Å². The SMILES string of the molecule is N#Cc1cc2c(Oc3ccc4[nH]ccc4c3)ccnc2cc1OCCCN1CCCC1. The maximum atomic E-state index is 9.68. The van der Waals surface area contributed by atoms with Gasteiger partial charge >= 0.3 is 0 Å². The molecule has 2 aromatic carbocycles. The van der Waals surface area contributed by atoms with Crippen LogP contribution in [0.2, 0.25) is 0 Å². The summed E-state index contributed by atoms with van der Waals surface area (Å²) in [6.07, 6.45) is 7.15. The van der Waals surface area contributed by atoms with Crippen LogP contribution < -0.4 is 9.47 Å². The standard InChI is InChI=1S/C25H24N4O2/c26-17-19-15-21-23(16-25(19)30-13-3-12-29-10-1-2-11-29)28-9-7-24(21)31-20-4-5-22-18(14-20)6-8-27-22/h4-9,14-16,27H,1-3,10-13H2. The molecule has 0 aliphatic carbocycles. The van der Waals surface area contributed by atoms with Crippen LogP contribution in [-0.4, -0.2) is 41.1 Å². The number of hydrogen-bond donors (Lipinski definition) is 1. The Hall–Kier alpha value is -3.56. The molecule has 6 heteroatoms. The predicted octanol–water partition coefficient (Wildman–Crippen LogP) is 5.24. The van der Waals surface area contributed by atoms with Gasteiger partial charge in [-0.25, -0.2) is 0 Å². The van der Waals surface area contributed by atoms with Crippen LogP contribution in [0.25, 0.3) is 21.8 Å². The van der Waals surface area contributed by atoms with Crippen molar-refractivity contribution in [1.82, 2.24) is 14.9 Å². The number of aromatic amines is 1. The molecule has 1 aliphatic rings. The van der Waals surface area contributed by atoms with Crippen LogP contribution in [-0.2, 0) is 0 Å². The number of nitrogens with zero attached hydrogens (tertiary/aromatic N) is 3. The van der Waals surface area contributed by atoms with E-state index in [1.165, 1.54) is 25.9 Å². The second-order valence-corrected chi connectivity index (χ2v) is 7.87. The molecule has 0 saturated carbocycles. The number of nitrogens with one attached hydrogen (secondary N) is 1. The molecule has 0 unspecified atom stereocenters. The summed E-state index contributed by atoms with van der Waals surface area (Å²) in [6, 6.07) is 15.6. The minimum absolute atomic E-state index is 0.493. The van der Waals surface area contributed by atoms with Crippen molar-refractivity contribution >= 4 is 21.8 Å². The third-order valence-electron chi connectivity index (χ3n) is 5.75. The van der Waals surface area contributed by atoms with Crippen LogP contribution in [0.15, 0.2) is 54.9 Å². The second kappa shape index (κ2) is 8.66. The van der Waals surface area contributed by atoms with E-state index < -0.39 is 0 Å². The Morgan fingerprint density at radius 2 is 1.97 bits per heavy atom. The topological polar surface area (TPSA) is 74.2 Å². The molecule has 4 aromatic rings. The molecule has 1 N–H and O–H groups in total. The minimum atomic E-state index is 0.493. The van der Waals surface area contributed by atoms with Crippen LogP contribution in [0.5, 0.6) is 17.2 Å². The van der Waals surface area contributed by atoms with Crippen molar-refractivity contribution in [2.24, 2.45) is 0 Å². The zero-order valence-corrected chi connectivity index (χ0v) is 17.3. The van der Waals surface area contributed by atoms with Crippen LogP contribution in [0, 0.1) is 11.3 Å². The van der Waals surface area contributed by atoms with Crippen LogP contribution >= 0.6 is 0 Å². The highest BCUT2D eigenvalue weighted by molar-refractivity contribution is 5.88. The lowest BCUT2D eigenvalue weighted by Gasteiger charge is -2.15. The Morgan fingerprint density at radius 3 is 2.84 bits per heavy atom. The van der Waals surface area contributed by atoms with Crippen molar-refractivity contribution < 1.29 is 9.47 Å². The van der Waals surface area contributed by atoms with E-state index in [1.54, 1.807) is 6.20 Å². The van der Waals surface area contributed by atoms with Gasteiger partial charge in [-0.3, -0.25) is 4.98 Å². The number of pyridine rings is 1. The number of H-pyrrole nitrogens is 1. The average Bonchev–Trinajstić information content (AvgIpc) is 3.48. The molecule has 1 saturated heterocycles. The first-order valence-electron chi connectivity index (χ1n) is 10.7. The van der Waals surface area contributed by atoms with Gasteiger partial charge in [-0.2, -0.15) is 5.26 Å². The fraction of sp³-hybridized carbons (Fsp3) is 0.280. The number of ether oxygens (including phenoxy) is 2. The molecular weight excluding hydrogens is 388 g/mol. The van der Waals surface area contributed by atoms with Gasteiger partial charge in [0.15, 0.2) is 0 Å². The average molecular weight is 412 g/mol. The van der Waals surface area contributed by atoms with Gasteiger partial charge in [0.05, 0.1) is 17.7 Å². The monoisotopic (exact) mass is 412 g/mol. The molecule has 1 aliphatic heterocycles. The maximum absolute atomic E-state index is 9.68. The van der Waals surface area contributed by atoms with Gasteiger partial charge in [0.2, 0.25) is 0 Å². The zero-order chi connectivity index (χ0) is 21.0. The summed E-state index contributed by atoms with van der Waals surface area (Å²) >= 11 is 0. The Morgan fingerprint density at radius 1 is 1.06 bits per heavy atom. The van der Waals surface area contributed by atoms with Crippen molar-refractivity contribution in [1.29, 1.82) is 5.26 Å². The molecule has 0 atom stereocenters. The van der Waals surface area contributed by atoms with Gasteiger partial charge in [-0.05, 0) is 68.8 Å². The van der Waals surface area contributed by atoms with E-state index in [4.69, 9.17) is 9.47 Å². The zero-order valence-electron chi connectivity index (χ0n) is 17.3. The maximum Gasteiger partial charge on any atom is 0.139 e. The van der Waals surface area contributed by atoms with Crippen LogP contribution in [0.3, 0.4) is 0 Å². The highest BCUT2D eigenvalue weighted by atomic mass is 16.5. The highest BCUT2D eigenvalue weighted by Gasteiger charge is 2.13. The quantitative estimate of drug-likeness (QED) is 0.420. The van der Waals surface area contributed by atoms with Gasteiger partial charge < -0.3 is 19.4 Å². The van der Waals surface area contributed by atoms with E-state index in [-0.39, 0.29) is 0 Å². The van der Waals surface area contributed by atoms with E-state index in [2.05, 4.69) is 20.9 Å². The van der Waals surface area contributed by atoms with Crippen LogP contribution in [0.1, 0.15) is 24.8 Å². The normalized spacial score (nSPS) is 14.2. The largest absolute Gasteiger partial charge is 0.492 e. The molecule has 156 valence electrons. The highest BCUT2D eigenvalue weighted by Crippen LogP contribution is 2.34. The molecule has 5 rings (SSSR count). The molecule has 2 aromatic heterocycles. The molecule has 1 fully saturated rings. The number of fused-ring (bicyclic) bond motifs is 2. The minimum Gasteiger partial charge on any atom is -0.492 e. The Balaban J connectivity index is 1.36. The smallest absolute Gasteiger partial charge is 0.139 e. The van der Waals surface area contributed by atoms with E-state index in [9.17, 15) is 5.26 Å². The predicted molar refractivity (Wildman–Crippen MR) is 121 cm³/mol. The molecule has 0 spiro atoms. The van der Waals surface area contributed by atoms with Crippen molar-refractivity contribution in [3.8, 4) is 23.3 Å². The van der Waals surface area contributed by atoms with Gasteiger partial charge in [0.25, 0.3) is 0 Å². The Labute approximate surface area is 181 Å². The van der Waals surface area contributed by atoms with Crippen molar-refractivity contribution in [3.63, 3.8) is 0 Å². The fourth-order valence-electron chi connectivity index (χ4n) is 4.14. The first-order valence-corrected chi connectivity index (χ1v) is 10.7. The lowest BCUT2D eigenvalue weighted by Crippen LogP contribution is -2.22. The van der Waals surface area contributed by atoms with E-state index in [0.717, 1.165) is 40.5 Å². The summed E-state index contributed by atoms with van der Waals surface area (Å²) < 4.78 is 12.1. The summed E-state index contributed by atoms with van der Waals surface area (Å²) in [5, 5.41) is 11.6. The summed E-state index contributed by atoms with van der Waals surface area (Å²) in [4.78, 5) is 10.1. The van der Waals surface area contributed by atoms with E-state index in [1.807, 2.05) is 48.7 Å². The number of rotatable bonds is 7. The van der Waals surface area contributed by atoms with Gasteiger partial charge in [-0.15, -0.1) is 0 Å². The van der Waals surface area contributed by atoms with Crippen molar-refractivity contribution in [3.05, 3.63) is 60.4 Å². The van der Waals surface area contributed by atoms with Gasteiger partial charge in [0.1, 0.15) is 23.3 Å². The van der Waals surface area contributed by atoms with E-state index >= 15 is 0 Å². The third-order valence-corrected chi connectivity index (χ3v) is 5.75. The number of hydrogen-bond acceptors (Lipinski definition) is 5. The number of benzene rings is 2. The number of nitriles is 1. The molecule has 31 heavy (non-hydrogen) atoms. The Kier molecular flexibility index (Phi) is 5.42. The van der Waals surface area contributed by atoms with Crippen molar-refractivity contribution in [2.75, 3.05) is 26.2 Å². The Bertz CT molecular complexity index is 1250. The fourth-order valence-corrected chi connectivity index (χ4v) is 4.14. The first kappa shape index (κ1) is 19.4. The first-order chi connectivity index (χ1) is 15.3. The summed E-state index contributed by atoms with van der Waals surface area (Å²) in [7, 11) is 0. The molecule has 0 amide bonds. The van der Waals surface area contributed by atoms with Crippen molar-refractivity contribution in [2.45, 2.75) is 19.3 Å². The molecular formula is C25H24N4O2. The lowest BCUT2D eigenvalue weighted by molar-refractivity contribution is 0.263. The number of likely N-dealkylation sites (tertiary alicyclic amines) is 1. The molecule has 3 heterocycles. The summed E-state index contributed by atoms with van der Waals surface area (Å²) in [6.45, 7) is 3.99. The van der Waals surface area contributed by atoms with Gasteiger partial charge in [-0.1, -0.05) is 0 Å². The molecule has 0 radical (unpaired) electrons.